The topological polar surface area (TPSA) is 77.8 Å². The molecule has 4 heteroatoms. The third-order valence-corrected chi connectivity index (χ3v) is 2.13. The van der Waals surface area contributed by atoms with Crippen molar-refractivity contribution in [2.45, 2.75) is 65.2 Å². The lowest BCUT2D eigenvalue weighted by atomic mass is 10.1. The molecule has 0 saturated carbocycles. The van der Waals surface area contributed by atoms with Gasteiger partial charge in [0.05, 0.1) is 0 Å². The highest BCUT2D eigenvalue weighted by atomic mass is 16.4. The van der Waals surface area contributed by atoms with Crippen LogP contribution in [0.5, 0.6) is 0 Å². The summed E-state index contributed by atoms with van der Waals surface area (Å²) in [6.07, 6.45) is 12.3. The van der Waals surface area contributed by atoms with Crippen LogP contribution >= 0.6 is 0 Å². The first-order valence-electron chi connectivity index (χ1n) is 6.93. The van der Waals surface area contributed by atoms with Gasteiger partial charge in [0.15, 0.2) is 0 Å². The molecule has 0 aromatic carbocycles. The number of carboxylic acids is 1. The molecule has 0 spiro atoms. The molecule has 0 aliphatic heterocycles. The van der Waals surface area contributed by atoms with E-state index in [9.17, 15) is 4.79 Å². The highest BCUT2D eigenvalue weighted by Crippen LogP contribution is 2.07. The van der Waals surface area contributed by atoms with Gasteiger partial charge < -0.3 is 15.3 Å². The molecule has 0 amide bonds. The Balaban J connectivity index is -0.000000105. The molecule has 0 unspecified atom stereocenters. The molecule has 4 nitrogen and oxygen atoms in total. The molecule has 0 fully saturated rings. The molecular weight excluding hydrogens is 244 g/mol. The van der Waals surface area contributed by atoms with Gasteiger partial charge in [-0.15, -0.1) is 0 Å². The Hall–Kier alpha value is -0.870. The van der Waals surface area contributed by atoms with E-state index in [4.69, 9.17) is 15.3 Å². The molecule has 0 aliphatic rings. The largest absolute Gasteiger partial charge is 0.478 e. The summed E-state index contributed by atoms with van der Waals surface area (Å²) >= 11 is 0. The van der Waals surface area contributed by atoms with E-state index >= 15 is 0 Å². The summed E-state index contributed by atoms with van der Waals surface area (Å²) in [6, 6.07) is 0. The molecule has 0 heterocycles. The summed E-state index contributed by atoms with van der Waals surface area (Å²) in [4.78, 5) is 9.25. The lowest BCUT2D eigenvalue weighted by Gasteiger charge is -1.97. The van der Waals surface area contributed by atoms with E-state index in [2.05, 4.69) is 20.4 Å². The molecule has 0 radical (unpaired) electrons. The maximum absolute atomic E-state index is 9.25. The second-order valence-corrected chi connectivity index (χ2v) is 3.66. The average molecular weight is 278 g/mol. The first kappa shape index (κ1) is 26.6. The predicted molar refractivity (Wildman–Crippen MR) is 82.4 cm³/mol. The van der Waals surface area contributed by atoms with Gasteiger partial charge in [0, 0.05) is 20.3 Å². The number of aliphatic carboxylic acids is 1. The number of hydrogen-bond acceptors (Lipinski definition) is 3. The van der Waals surface area contributed by atoms with Crippen molar-refractivity contribution in [1.82, 2.24) is 0 Å². The van der Waals surface area contributed by atoms with E-state index in [1.807, 2.05) is 0 Å². The number of aliphatic hydroxyl groups is 2. The Kier molecular flexibility index (Phi) is 50.5. The number of carbonyl (C=O) groups is 1. The van der Waals surface area contributed by atoms with Crippen molar-refractivity contribution in [3.8, 4) is 0 Å². The summed E-state index contributed by atoms with van der Waals surface area (Å²) in [5.74, 6) is -0.981. The molecule has 0 aromatic rings. The minimum atomic E-state index is -0.981. The van der Waals surface area contributed by atoms with Crippen molar-refractivity contribution in [2.75, 3.05) is 14.2 Å². The molecule has 0 rings (SSSR count). The van der Waals surface area contributed by atoms with Crippen LogP contribution in [0.15, 0.2) is 12.7 Å². The van der Waals surface area contributed by atoms with Gasteiger partial charge in [0.2, 0.25) is 0 Å². The lowest BCUT2D eigenvalue weighted by molar-refractivity contribution is -0.131. The third kappa shape index (κ3) is 59.3. The molecule has 0 aromatic heterocycles. The summed E-state index contributed by atoms with van der Waals surface area (Å²) < 4.78 is 0. The molecule has 118 valence electrons. The van der Waals surface area contributed by atoms with Crippen LogP contribution < -0.4 is 0 Å². The number of carboxylic acid groups (broad SMARTS) is 1. The number of hydrogen-bond donors (Lipinski definition) is 3. The van der Waals surface area contributed by atoms with Gasteiger partial charge in [0.25, 0.3) is 0 Å². The maximum atomic E-state index is 9.25. The lowest BCUT2D eigenvalue weighted by Crippen LogP contribution is -1.82. The second kappa shape index (κ2) is 36.0. The van der Waals surface area contributed by atoms with Crippen LogP contribution in [0.4, 0.5) is 0 Å². The molecule has 0 atom stereocenters. The molecular formula is C15H34O4. The zero-order chi connectivity index (χ0) is 15.9. The van der Waals surface area contributed by atoms with Gasteiger partial charge in [-0.25, -0.2) is 4.79 Å². The van der Waals surface area contributed by atoms with Gasteiger partial charge in [-0.1, -0.05) is 71.8 Å². The fourth-order valence-corrected chi connectivity index (χ4v) is 1.21. The normalized spacial score (nSPS) is 7.68. The number of unbranched alkanes of at least 4 members (excludes halogenated alkanes) is 7. The van der Waals surface area contributed by atoms with E-state index in [1.165, 1.54) is 51.4 Å². The van der Waals surface area contributed by atoms with Crippen LogP contribution in [-0.4, -0.2) is 35.5 Å². The van der Waals surface area contributed by atoms with Crippen LogP contribution in [0.25, 0.3) is 0 Å². The van der Waals surface area contributed by atoms with E-state index in [-0.39, 0.29) is 0 Å². The third-order valence-electron chi connectivity index (χ3n) is 2.13. The Labute approximate surface area is 119 Å². The van der Waals surface area contributed by atoms with Crippen molar-refractivity contribution in [3.05, 3.63) is 12.7 Å². The quantitative estimate of drug-likeness (QED) is 0.468. The van der Waals surface area contributed by atoms with Crippen molar-refractivity contribution in [2.24, 2.45) is 0 Å². The van der Waals surface area contributed by atoms with E-state index < -0.39 is 5.97 Å². The van der Waals surface area contributed by atoms with E-state index in [0.717, 1.165) is 20.3 Å². The van der Waals surface area contributed by atoms with Gasteiger partial charge >= 0.3 is 5.97 Å². The van der Waals surface area contributed by atoms with Gasteiger partial charge in [0.1, 0.15) is 0 Å². The van der Waals surface area contributed by atoms with Crippen LogP contribution in [0.3, 0.4) is 0 Å². The Bertz CT molecular complexity index is 139. The monoisotopic (exact) mass is 278 g/mol. The highest BCUT2D eigenvalue weighted by molar-refractivity contribution is 5.78. The summed E-state index contributed by atoms with van der Waals surface area (Å²) in [7, 11) is 2.00. The van der Waals surface area contributed by atoms with Crippen molar-refractivity contribution in [3.63, 3.8) is 0 Å². The van der Waals surface area contributed by atoms with Crippen LogP contribution in [0, 0.1) is 0 Å². The minimum absolute atomic E-state index is 0.833. The van der Waals surface area contributed by atoms with Crippen molar-refractivity contribution >= 4 is 5.97 Å². The zero-order valence-electron chi connectivity index (χ0n) is 13.2. The van der Waals surface area contributed by atoms with Gasteiger partial charge in [-0.3, -0.25) is 0 Å². The Morgan fingerprint density at radius 1 is 0.842 bits per heavy atom. The number of aliphatic hydroxyl groups excluding tert-OH is 2. The summed E-state index contributed by atoms with van der Waals surface area (Å²) in [6.45, 7) is 7.50. The van der Waals surface area contributed by atoms with Crippen LogP contribution in [0.1, 0.15) is 65.2 Å². The van der Waals surface area contributed by atoms with Crippen molar-refractivity contribution < 1.29 is 20.1 Å². The predicted octanol–water partition coefficient (Wildman–Crippen LogP) is 3.62. The molecule has 0 aliphatic carbocycles. The SMILES string of the molecule is C=CC(=O)O.CCCCCCCCCC.CO.CO. The smallest absolute Gasteiger partial charge is 0.327 e. The zero-order valence-corrected chi connectivity index (χ0v) is 13.2. The maximum Gasteiger partial charge on any atom is 0.327 e. The van der Waals surface area contributed by atoms with Crippen LogP contribution in [0.2, 0.25) is 0 Å². The molecule has 0 bridgehead atoms. The first-order chi connectivity index (χ1) is 9.18. The molecule has 3 N–H and O–H groups in total. The molecule has 19 heavy (non-hydrogen) atoms. The first-order valence-corrected chi connectivity index (χ1v) is 6.93. The van der Waals surface area contributed by atoms with E-state index in [1.54, 1.807) is 0 Å². The highest BCUT2D eigenvalue weighted by Gasteiger charge is 1.87. The molecule has 0 saturated heterocycles. The Morgan fingerprint density at radius 3 is 1.21 bits per heavy atom. The average Bonchev–Trinajstić information content (AvgIpc) is 2.47. The van der Waals surface area contributed by atoms with Crippen molar-refractivity contribution in [1.29, 1.82) is 0 Å². The fraction of sp³-hybridized carbons (Fsp3) is 0.800. The fourth-order valence-electron chi connectivity index (χ4n) is 1.21. The second-order valence-electron chi connectivity index (χ2n) is 3.66. The summed E-state index contributed by atoms with van der Waals surface area (Å²) in [5.41, 5.74) is 0. The van der Waals surface area contributed by atoms with E-state index in [0.29, 0.717) is 0 Å². The van der Waals surface area contributed by atoms with Gasteiger partial charge in [-0.2, -0.15) is 0 Å². The Morgan fingerprint density at radius 2 is 1.05 bits per heavy atom. The summed E-state index contributed by atoms with van der Waals surface area (Å²) in [5, 5.41) is 21.6. The number of rotatable bonds is 8. The van der Waals surface area contributed by atoms with Gasteiger partial charge in [-0.05, 0) is 0 Å². The van der Waals surface area contributed by atoms with Crippen LogP contribution in [-0.2, 0) is 4.79 Å². The minimum Gasteiger partial charge on any atom is -0.478 e. The standard InChI is InChI=1S/C10H22.C3H4O2.2CH4O/c1-3-5-7-9-10-8-6-4-2;1-2-3(4)5;2*1-2/h3-10H2,1-2H3;2H,1H2,(H,4,5);2*2H,1H3.